The van der Waals surface area contributed by atoms with Gasteiger partial charge in [-0.1, -0.05) is 31.5 Å². The van der Waals surface area contributed by atoms with Crippen LogP contribution in [0.2, 0.25) is 5.15 Å². The predicted molar refractivity (Wildman–Crippen MR) is 168 cm³/mol. The van der Waals surface area contributed by atoms with Crippen molar-refractivity contribution in [2.24, 2.45) is 5.92 Å². The minimum Gasteiger partial charge on any atom is -0.400 e. The lowest BCUT2D eigenvalue weighted by atomic mass is 10.0. The summed E-state index contributed by atoms with van der Waals surface area (Å²) in [6, 6.07) is 4.78. The first kappa shape index (κ1) is 37.0. The van der Waals surface area contributed by atoms with Gasteiger partial charge in [-0.2, -0.15) is 0 Å². The minimum atomic E-state index is -0.451. The highest BCUT2D eigenvalue weighted by Gasteiger charge is 2.16. The van der Waals surface area contributed by atoms with E-state index in [1.807, 2.05) is 13.8 Å². The van der Waals surface area contributed by atoms with Gasteiger partial charge in [0.25, 0.3) is 5.56 Å². The Kier molecular flexibility index (Phi) is 15.9. The number of hydrogen-bond donors (Lipinski definition) is 3. The topological polar surface area (TPSA) is 141 Å². The number of aromatic nitrogens is 3. The molecule has 0 saturated carbocycles. The van der Waals surface area contributed by atoms with E-state index in [0.717, 1.165) is 13.5 Å². The van der Waals surface area contributed by atoms with Crippen molar-refractivity contribution < 1.29 is 23.9 Å². The molecule has 0 spiro atoms. The van der Waals surface area contributed by atoms with Gasteiger partial charge in [0, 0.05) is 53.0 Å². The third-order valence-electron chi connectivity index (χ3n) is 5.78. The van der Waals surface area contributed by atoms with E-state index in [0.29, 0.717) is 41.6 Å². The summed E-state index contributed by atoms with van der Waals surface area (Å²) >= 11 is 6.30. The number of unbranched alkanes of at least 4 members (excludes halogenated alkanes) is 1. The summed E-state index contributed by atoms with van der Waals surface area (Å²) in [5.74, 6) is -0.542. The van der Waals surface area contributed by atoms with Crippen LogP contribution in [0.1, 0.15) is 44.4 Å². The molecule has 0 saturated heterocycles. The van der Waals surface area contributed by atoms with E-state index in [1.165, 1.54) is 32.7 Å². The second-order valence-electron chi connectivity index (χ2n) is 10.3. The fraction of sp³-hybridized carbons (Fsp3) is 0.433. The molecule has 0 atom stereocenters. The Morgan fingerprint density at radius 1 is 1.21 bits per heavy atom. The van der Waals surface area contributed by atoms with E-state index in [4.69, 9.17) is 16.7 Å². The van der Waals surface area contributed by atoms with Crippen molar-refractivity contribution in [3.8, 4) is 0 Å². The number of halogens is 2. The summed E-state index contributed by atoms with van der Waals surface area (Å²) in [5.41, 5.74) is 2.07. The number of rotatable bonds is 11. The van der Waals surface area contributed by atoms with Crippen LogP contribution >= 0.6 is 11.6 Å². The molecule has 11 nitrogen and oxygen atoms in total. The van der Waals surface area contributed by atoms with Crippen molar-refractivity contribution in [3.63, 3.8) is 0 Å². The Morgan fingerprint density at radius 2 is 1.86 bits per heavy atom. The van der Waals surface area contributed by atoms with Gasteiger partial charge in [-0.25, -0.2) is 4.39 Å². The number of aliphatic hydroxyl groups excluding tert-OH is 1. The molecule has 0 bridgehead atoms. The summed E-state index contributed by atoms with van der Waals surface area (Å²) in [4.78, 5) is 56.6. The summed E-state index contributed by atoms with van der Waals surface area (Å²) in [7, 11) is 7.70. The van der Waals surface area contributed by atoms with Gasteiger partial charge >= 0.3 is 0 Å². The zero-order chi connectivity index (χ0) is 32.7. The van der Waals surface area contributed by atoms with Gasteiger partial charge in [0.2, 0.25) is 18.2 Å². The van der Waals surface area contributed by atoms with Crippen molar-refractivity contribution in [3.05, 3.63) is 69.1 Å². The highest BCUT2D eigenvalue weighted by molar-refractivity contribution is 6.29. The smallest absolute Gasteiger partial charge is 0.275 e. The van der Waals surface area contributed by atoms with Crippen LogP contribution in [0.4, 0.5) is 10.1 Å². The lowest BCUT2D eigenvalue weighted by Crippen LogP contribution is -2.26. The van der Waals surface area contributed by atoms with Gasteiger partial charge in [0.1, 0.15) is 16.7 Å². The Bertz CT molecular complexity index is 1450. The molecule has 13 heteroatoms. The van der Waals surface area contributed by atoms with Crippen molar-refractivity contribution in [1.82, 2.24) is 24.3 Å². The molecule has 3 N–H and O–H groups in total. The van der Waals surface area contributed by atoms with Gasteiger partial charge in [0.15, 0.2) is 0 Å². The van der Waals surface area contributed by atoms with Gasteiger partial charge < -0.3 is 25.2 Å². The molecule has 0 aliphatic rings. The number of pyridine rings is 2. The maximum atomic E-state index is 14.4. The molecule has 0 unspecified atom stereocenters. The molecule has 3 rings (SSSR count). The van der Waals surface area contributed by atoms with E-state index in [1.54, 1.807) is 46.4 Å². The van der Waals surface area contributed by atoms with Crippen LogP contribution in [0.25, 0.3) is 11.0 Å². The Labute approximate surface area is 256 Å². The number of aromatic amines is 1. The fourth-order valence-corrected chi connectivity index (χ4v) is 3.94. The number of fused-ring (bicyclic) bond motifs is 1. The molecule has 0 aliphatic carbocycles. The minimum absolute atomic E-state index is 0.102. The Morgan fingerprint density at radius 3 is 2.44 bits per heavy atom. The van der Waals surface area contributed by atoms with E-state index < -0.39 is 5.56 Å². The summed E-state index contributed by atoms with van der Waals surface area (Å²) in [6.07, 6.45) is 6.99. The monoisotopic (exact) mass is 620 g/mol. The molecule has 43 heavy (non-hydrogen) atoms. The predicted octanol–water partition coefficient (Wildman–Crippen LogP) is 3.83. The van der Waals surface area contributed by atoms with Crippen molar-refractivity contribution in [1.29, 1.82) is 0 Å². The largest absolute Gasteiger partial charge is 0.400 e. The quantitative estimate of drug-likeness (QED) is 0.129. The number of carbonyl (C=O) groups is 3. The maximum Gasteiger partial charge on any atom is 0.275 e. The number of allylic oxidation sites excluding steroid dienone is 1. The zero-order valence-corrected chi connectivity index (χ0v) is 26.5. The summed E-state index contributed by atoms with van der Waals surface area (Å²) in [6.45, 7) is 4.13. The molecular formula is C30H42ClFN6O5. The zero-order valence-electron chi connectivity index (χ0n) is 25.8. The third kappa shape index (κ3) is 12.0. The molecule has 0 radical (unpaired) electrons. The molecule has 0 aromatic carbocycles. The fourth-order valence-electron chi connectivity index (χ4n) is 3.74. The maximum absolute atomic E-state index is 14.4. The number of aliphatic hydroxyl groups is 1. The number of nitrogens with one attached hydrogen (secondary N) is 2. The van der Waals surface area contributed by atoms with E-state index >= 15 is 0 Å². The number of H-pyrrole nitrogens is 1. The van der Waals surface area contributed by atoms with Crippen molar-refractivity contribution in [2.45, 2.75) is 46.1 Å². The second kappa shape index (κ2) is 18.5. The molecule has 236 valence electrons. The molecule has 3 heterocycles. The molecule has 3 aromatic rings. The second-order valence-corrected chi connectivity index (χ2v) is 10.7. The molecule has 0 aliphatic heterocycles. The van der Waals surface area contributed by atoms with Crippen LogP contribution in [-0.2, 0) is 27.3 Å². The molecular weight excluding hydrogens is 579 g/mol. The molecule has 3 aromatic heterocycles. The third-order valence-corrected chi connectivity index (χ3v) is 6.11. The van der Waals surface area contributed by atoms with Crippen molar-refractivity contribution in [2.75, 3.05) is 40.6 Å². The van der Waals surface area contributed by atoms with Crippen LogP contribution in [0.3, 0.4) is 0 Å². The molecule has 0 fully saturated rings. The van der Waals surface area contributed by atoms with Gasteiger partial charge in [-0.15, -0.1) is 0 Å². The van der Waals surface area contributed by atoms with E-state index in [9.17, 15) is 23.6 Å². The standard InChI is InChI=1S/C26H31ClFN5O3.C3H7NO.CH4O/c1-16(2)12-18-19(28)14-29-21-13-17(30-25(18)21)15-33-22(27)11-10-20(26(33)36)31-23(34)8-6-5-7-9-24(35)32(3)4;1-4(2)3-5;1-2/h7,9-11,13-14,16,30H,5-6,8,12,15H2,1-4H3,(H,31,34);3H,1-2H3;2H,1H3/b9-7+;;. The highest BCUT2D eigenvalue weighted by Crippen LogP contribution is 2.24. The Balaban J connectivity index is 0.00000120. The summed E-state index contributed by atoms with van der Waals surface area (Å²) < 4.78 is 15.7. The normalized spacial score (nSPS) is 10.6. The number of nitrogens with zero attached hydrogens (tertiary/aromatic N) is 4. The van der Waals surface area contributed by atoms with Crippen LogP contribution in [0.5, 0.6) is 0 Å². The molecule has 3 amide bonds. The first-order valence-corrected chi connectivity index (χ1v) is 14.0. The van der Waals surface area contributed by atoms with E-state index in [2.05, 4.69) is 15.3 Å². The van der Waals surface area contributed by atoms with Crippen LogP contribution < -0.4 is 10.9 Å². The van der Waals surface area contributed by atoms with Gasteiger partial charge in [0.05, 0.1) is 23.8 Å². The average Bonchev–Trinajstić information content (AvgIpc) is 3.38. The van der Waals surface area contributed by atoms with Crippen molar-refractivity contribution >= 4 is 46.5 Å². The number of carbonyl (C=O) groups excluding carboxylic acids is 3. The van der Waals surface area contributed by atoms with Crippen LogP contribution in [0.15, 0.2) is 41.3 Å². The number of anilines is 1. The van der Waals surface area contributed by atoms with Gasteiger partial charge in [-0.3, -0.25) is 28.7 Å². The number of likely N-dealkylation sites (N-methyl/N-ethyl adjacent to an activating group) is 1. The lowest BCUT2D eigenvalue weighted by molar-refractivity contribution is -0.123. The number of amides is 3. The SMILES string of the molecule is CC(C)Cc1c(F)cnc2cc(Cn3c(Cl)ccc(NC(=O)CCC/C=C/C(=O)N(C)C)c3=O)[nH]c12.CN(C)C=O.CO. The van der Waals surface area contributed by atoms with Crippen LogP contribution in [-0.4, -0.2) is 83.0 Å². The lowest BCUT2D eigenvalue weighted by Gasteiger charge is -2.11. The average molecular weight is 621 g/mol. The first-order chi connectivity index (χ1) is 20.3. The highest BCUT2D eigenvalue weighted by atomic mass is 35.5. The van der Waals surface area contributed by atoms with Gasteiger partial charge in [-0.05, 0) is 49.5 Å². The Hall–Kier alpha value is -4.03. The van der Waals surface area contributed by atoms with Crippen LogP contribution in [0, 0.1) is 11.7 Å². The summed E-state index contributed by atoms with van der Waals surface area (Å²) in [5, 5.41) is 9.85. The number of hydrogen-bond acceptors (Lipinski definition) is 6. The first-order valence-electron chi connectivity index (χ1n) is 13.6. The van der Waals surface area contributed by atoms with E-state index in [-0.39, 0.29) is 47.4 Å².